The second kappa shape index (κ2) is 5.68. The first-order valence-electron chi connectivity index (χ1n) is 6.45. The van der Waals surface area contributed by atoms with Crippen LogP contribution in [-0.4, -0.2) is 6.04 Å². The first kappa shape index (κ1) is 13.3. The van der Waals surface area contributed by atoms with Crippen molar-refractivity contribution < 1.29 is 0 Å². The van der Waals surface area contributed by atoms with Crippen LogP contribution >= 0.6 is 11.3 Å². The van der Waals surface area contributed by atoms with Gasteiger partial charge < -0.3 is 5.32 Å². The van der Waals surface area contributed by atoms with Crippen LogP contribution in [0.2, 0.25) is 0 Å². The number of thiophene rings is 1. The van der Waals surface area contributed by atoms with Gasteiger partial charge in [-0.25, -0.2) is 0 Å². The summed E-state index contributed by atoms with van der Waals surface area (Å²) in [6.45, 7) is 9.68. The molecular formula is C16H21NS. The van der Waals surface area contributed by atoms with Crippen molar-refractivity contribution in [2.75, 3.05) is 0 Å². The molecule has 2 aromatic rings. The molecule has 18 heavy (non-hydrogen) atoms. The van der Waals surface area contributed by atoms with Gasteiger partial charge in [0.1, 0.15) is 0 Å². The molecule has 0 saturated carbocycles. The average Bonchev–Trinajstić information content (AvgIpc) is 2.74. The van der Waals surface area contributed by atoms with Crippen LogP contribution in [0.5, 0.6) is 0 Å². The van der Waals surface area contributed by atoms with Gasteiger partial charge in [0.05, 0.1) is 0 Å². The lowest BCUT2D eigenvalue weighted by molar-refractivity contribution is 0.589. The molecule has 0 atom stereocenters. The van der Waals surface area contributed by atoms with Crippen LogP contribution in [0.4, 0.5) is 0 Å². The maximum atomic E-state index is 3.47. The van der Waals surface area contributed by atoms with E-state index in [1.54, 1.807) is 0 Å². The molecule has 1 nitrogen and oxygen atoms in total. The quantitative estimate of drug-likeness (QED) is 0.850. The molecule has 0 unspecified atom stereocenters. The standard InChI is InChI=1S/C16H21NS/c1-11(2)17-10-14-6-5-12(3)16(9-14)15-7-8-18-13(15)4/h5-9,11,17H,10H2,1-4H3. The minimum Gasteiger partial charge on any atom is -0.310 e. The van der Waals surface area contributed by atoms with E-state index in [1.807, 2.05) is 11.3 Å². The summed E-state index contributed by atoms with van der Waals surface area (Å²) in [5, 5.41) is 5.64. The molecule has 1 aromatic carbocycles. The Morgan fingerprint density at radius 2 is 1.89 bits per heavy atom. The second-order valence-corrected chi connectivity index (χ2v) is 6.20. The molecule has 0 aliphatic carbocycles. The van der Waals surface area contributed by atoms with Gasteiger partial charge in [0.25, 0.3) is 0 Å². The van der Waals surface area contributed by atoms with Crippen molar-refractivity contribution in [2.45, 2.75) is 40.3 Å². The van der Waals surface area contributed by atoms with E-state index in [0.717, 1.165) is 6.54 Å². The first-order chi connectivity index (χ1) is 8.58. The predicted octanol–water partition coefficient (Wildman–Crippen LogP) is 4.53. The van der Waals surface area contributed by atoms with Crippen molar-refractivity contribution in [3.05, 3.63) is 45.6 Å². The van der Waals surface area contributed by atoms with E-state index in [1.165, 1.54) is 27.1 Å². The number of nitrogens with one attached hydrogen (secondary N) is 1. The topological polar surface area (TPSA) is 12.0 Å². The average molecular weight is 259 g/mol. The normalized spacial score (nSPS) is 11.2. The molecular weight excluding hydrogens is 238 g/mol. The highest BCUT2D eigenvalue weighted by atomic mass is 32.1. The fourth-order valence-corrected chi connectivity index (χ4v) is 2.77. The third kappa shape index (κ3) is 3.01. The maximum Gasteiger partial charge on any atom is 0.0208 e. The highest BCUT2D eigenvalue weighted by molar-refractivity contribution is 7.10. The Morgan fingerprint density at radius 1 is 1.11 bits per heavy atom. The zero-order chi connectivity index (χ0) is 13.1. The van der Waals surface area contributed by atoms with Gasteiger partial charge in [-0.2, -0.15) is 0 Å². The molecule has 1 aromatic heterocycles. The highest BCUT2D eigenvalue weighted by Crippen LogP contribution is 2.30. The monoisotopic (exact) mass is 259 g/mol. The van der Waals surface area contributed by atoms with E-state index in [4.69, 9.17) is 0 Å². The summed E-state index contributed by atoms with van der Waals surface area (Å²) in [5.41, 5.74) is 5.46. The van der Waals surface area contributed by atoms with Gasteiger partial charge in [-0.3, -0.25) is 0 Å². The van der Waals surface area contributed by atoms with Crippen LogP contribution in [0.3, 0.4) is 0 Å². The summed E-state index contributed by atoms with van der Waals surface area (Å²) in [4.78, 5) is 1.40. The summed E-state index contributed by atoms with van der Waals surface area (Å²) in [6.07, 6.45) is 0. The molecule has 0 amide bonds. The van der Waals surface area contributed by atoms with Crippen molar-refractivity contribution in [1.29, 1.82) is 0 Å². The lowest BCUT2D eigenvalue weighted by atomic mass is 9.98. The van der Waals surface area contributed by atoms with Gasteiger partial charge in [-0.1, -0.05) is 26.0 Å². The Labute approximate surface area is 114 Å². The number of hydrogen-bond acceptors (Lipinski definition) is 2. The Bertz CT molecular complexity index is 526. The van der Waals surface area contributed by atoms with Crippen LogP contribution in [0.1, 0.15) is 29.9 Å². The van der Waals surface area contributed by atoms with Crippen molar-refractivity contribution in [1.82, 2.24) is 5.32 Å². The van der Waals surface area contributed by atoms with Crippen molar-refractivity contribution in [3.63, 3.8) is 0 Å². The molecule has 0 aliphatic heterocycles. The van der Waals surface area contributed by atoms with E-state index < -0.39 is 0 Å². The van der Waals surface area contributed by atoms with Crippen molar-refractivity contribution in [3.8, 4) is 11.1 Å². The fraction of sp³-hybridized carbons (Fsp3) is 0.375. The smallest absolute Gasteiger partial charge is 0.0208 e. The molecule has 0 saturated heterocycles. The van der Waals surface area contributed by atoms with E-state index in [0.29, 0.717) is 6.04 Å². The molecule has 2 heteroatoms. The predicted molar refractivity (Wildman–Crippen MR) is 81.2 cm³/mol. The Balaban J connectivity index is 2.30. The van der Waals surface area contributed by atoms with E-state index >= 15 is 0 Å². The zero-order valence-corrected chi connectivity index (χ0v) is 12.4. The van der Waals surface area contributed by atoms with E-state index in [-0.39, 0.29) is 0 Å². The van der Waals surface area contributed by atoms with Gasteiger partial charge in [0.15, 0.2) is 0 Å². The van der Waals surface area contributed by atoms with Gasteiger partial charge in [-0.05, 0) is 53.6 Å². The largest absolute Gasteiger partial charge is 0.310 e. The van der Waals surface area contributed by atoms with Crippen molar-refractivity contribution >= 4 is 11.3 Å². The minimum absolute atomic E-state index is 0.526. The molecule has 0 spiro atoms. The van der Waals surface area contributed by atoms with Gasteiger partial charge in [-0.15, -0.1) is 11.3 Å². The third-order valence-corrected chi connectivity index (χ3v) is 4.01. The molecule has 0 radical (unpaired) electrons. The Kier molecular flexibility index (Phi) is 4.20. The van der Waals surface area contributed by atoms with E-state index in [9.17, 15) is 0 Å². The molecule has 1 heterocycles. The van der Waals surface area contributed by atoms with Crippen LogP contribution in [0, 0.1) is 13.8 Å². The first-order valence-corrected chi connectivity index (χ1v) is 7.33. The van der Waals surface area contributed by atoms with Crippen molar-refractivity contribution in [2.24, 2.45) is 0 Å². The zero-order valence-electron chi connectivity index (χ0n) is 11.6. The Morgan fingerprint density at radius 3 is 2.50 bits per heavy atom. The summed E-state index contributed by atoms with van der Waals surface area (Å²) >= 11 is 1.82. The lowest BCUT2D eigenvalue weighted by Gasteiger charge is -2.11. The number of rotatable bonds is 4. The number of hydrogen-bond donors (Lipinski definition) is 1. The SMILES string of the molecule is Cc1ccc(CNC(C)C)cc1-c1ccsc1C. The second-order valence-electron chi connectivity index (χ2n) is 5.08. The maximum absolute atomic E-state index is 3.47. The van der Waals surface area contributed by atoms with Gasteiger partial charge in [0.2, 0.25) is 0 Å². The van der Waals surface area contributed by atoms with Gasteiger partial charge >= 0.3 is 0 Å². The number of benzene rings is 1. The molecule has 0 aliphatic rings. The number of aryl methyl sites for hydroxylation is 2. The lowest BCUT2D eigenvalue weighted by Crippen LogP contribution is -2.21. The van der Waals surface area contributed by atoms with Crippen LogP contribution in [-0.2, 0) is 6.54 Å². The summed E-state index contributed by atoms with van der Waals surface area (Å²) in [6, 6.07) is 9.51. The highest BCUT2D eigenvalue weighted by Gasteiger charge is 2.07. The molecule has 0 bridgehead atoms. The molecule has 2 rings (SSSR count). The summed E-state index contributed by atoms with van der Waals surface area (Å²) in [5.74, 6) is 0. The van der Waals surface area contributed by atoms with E-state index in [2.05, 4.69) is 62.7 Å². The molecule has 1 N–H and O–H groups in total. The van der Waals surface area contributed by atoms with Gasteiger partial charge in [0, 0.05) is 17.5 Å². The summed E-state index contributed by atoms with van der Waals surface area (Å²) in [7, 11) is 0. The third-order valence-electron chi connectivity index (χ3n) is 3.17. The van der Waals surface area contributed by atoms with Crippen LogP contribution in [0.15, 0.2) is 29.6 Å². The Hall–Kier alpha value is -1.12. The molecule has 96 valence electrons. The fourth-order valence-electron chi connectivity index (χ4n) is 2.06. The summed E-state index contributed by atoms with van der Waals surface area (Å²) < 4.78 is 0. The minimum atomic E-state index is 0.526. The van der Waals surface area contributed by atoms with Crippen LogP contribution < -0.4 is 5.32 Å². The van der Waals surface area contributed by atoms with Crippen LogP contribution in [0.25, 0.3) is 11.1 Å². The molecule has 0 fully saturated rings.